The lowest BCUT2D eigenvalue weighted by Crippen LogP contribution is -2.44. The SMILES string of the molecule is COc1ccc(-c2nc(-c3ccncc3)cc(N3CCNCC3)n2)cc1. The molecule has 6 heteroatoms. The number of piperazine rings is 1. The summed E-state index contributed by atoms with van der Waals surface area (Å²) in [7, 11) is 1.66. The van der Waals surface area contributed by atoms with Crippen LogP contribution in [0.4, 0.5) is 5.82 Å². The van der Waals surface area contributed by atoms with Crippen molar-refractivity contribution in [3.05, 3.63) is 54.9 Å². The molecule has 4 rings (SSSR count). The fourth-order valence-corrected chi connectivity index (χ4v) is 3.03. The van der Waals surface area contributed by atoms with Crippen molar-refractivity contribution >= 4 is 5.82 Å². The van der Waals surface area contributed by atoms with Gasteiger partial charge in [0.15, 0.2) is 5.82 Å². The average Bonchev–Trinajstić information content (AvgIpc) is 2.75. The number of hydrogen-bond donors (Lipinski definition) is 1. The van der Waals surface area contributed by atoms with Gasteiger partial charge in [-0.3, -0.25) is 4.98 Å². The summed E-state index contributed by atoms with van der Waals surface area (Å²) < 4.78 is 5.25. The molecule has 0 radical (unpaired) electrons. The molecule has 1 fully saturated rings. The molecule has 0 atom stereocenters. The monoisotopic (exact) mass is 347 g/mol. The molecule has 2 aromatic heterocycles. The van der Waals surface area contributed by atoms with Gasteiger partial charge in [-0.15, -0.1) is 0 Å². The Kier molecular flexibility index (Phi) is 4.75. The van der Waals surface area contributed by atoms with Crippen molar-refractivity contribution in [2.75, 3.05) is 38.2 Å². The van der Waals surface area contributed by atoms with E-state index in [1.807, 2.05) is 36.4 Å². The zero-order valence-corrected chi connectivity index (χ0v) is 14.7. The quantitative estimate of drug-likeness (QED) is 0.783. The smallest absolute Gasteiger partial charge is 0.162 e. The van der Waals surface area contributed by atoms with Gasteiger partial charge in [-0.25, -0.2) is 9.97 Å². The van der Waals surface area contributed by atoms with Crippen LogP contribution in [-0.4, -0.2) is 48.2 Å². The van der Waals surface area contributed by atoms with E-state index in [2.05, 4.69) is 21.3 Å². The predicted octanol–water partition coefficient (Wildman–Crippen LogP) is 2.62. The van der Waals surface area contributed by atoms with E-state index in [0.29, 0.717) is 0 Å². The molecule has 0 bridgehead atoms. The van der Waals surface area contributed by atoms with Crippen molar-refractivity contribution in [2.45, 2.75) is 0 Å². The normalized spacial score (nSPS) is 14.3. The summed E-state index contributed by atoms with van der Waals surface area (Å²) in [5.41, 5.74) is 2.91. The highest BCUT2D eigenvalue weighted by molar-refractivity contribution is 5.68. The summed E-state index contributed by atoms with van der Waals surface area (Å²) in [5.74, 6) is 2.50. The van der Waals surface area contributed by atoms with Crippen LogP contribution in [0.5, 0.6) is 5.75 Å². The van der Waals surface area contributed by atoms with Gasteiger partial charge in [-0.2, -0.15) is 0 Å². The Morgan fingerprint density at radius 3 is 2.35 bits per heavy atom. The molecule has 26 heavy (non-hydrogen) atoms. The number of anilines is 1. The Bertz CT molecular complexity index is 861. The molecule has 0 amide bonds. The Labute approximate surface area is 152 Å². The minimum Gasteiger partial charge on any atom is -0.497 e. The minimum absolute atomic E-state index is 0.718. The van der Waals surface area contributed by atoms with E-state index in [1.54, 1.807) is 19.5 Å². The molecule has 1 N–H and O–H groups in total. The summed E-state index contributed by atoms with van der Waals surface area (Å²) in [6.07, 6.45) is 3.57. The van der Waals surface area contributed by atoms with Crippen LogP contribution in [-0.2, 0) is 0 Å². The maximum absolute atomic E-state index is 5.25. The number of ether oxygens (including phenoxy) is 1. The van der Waals surface area contributed by atoms with Gasteiger partial charge in [0.05, 0.1) is 12.8 Å². The molecular weight excluding hydrogens is 326 g/mol. The van der Waals surface area contributed by atoms with E-state index in [0.717, 1.165) is 60.4 Å². The molecule has 0 saturated carbocycles. The Morgan fingerprint density at radius 2 is 1.65 bits per heavy atom. The fourth-order valence-electron chi connectivity index (χ4n) is 3.03. The Hall–Kier alpha value is -2.99. The second-order valence-corrected chi connectivity index (χ2v) is 6.14. The molecule has 1 aliphatic rings. The number of aromatic nitrogens is 3. The molecule has 3 heterocycles. The molecule has 1 aromatic carbocycles. The van der Waals surface area contributed by atoms with Crippen LogP contribution in [0, 0.1) is 0 Å². The maximum atomic E-state index is 5.25. The summed E-state index contributed by atoms with van der Waals surface area (Å²) in [6, 6.07) is 13.9. The molecular formula is C20H21N5O. The van der Waals surface area contributed by atoms with Crippen LogP contribution in [0.3, 0.4) is 0 Å². The zero-order valence-electron chi connectivity index (χ0n) is 14.7. The minimum atomic E-state index is 0.718. The van der Waals surface area contributed by atoms with E-state index in [1.165, 1.54) is 0 Å². The number of pyridine rings is 1. The first-order valence-electron chi connectivity index (χ1n) is 8.73. The largest absolute Gasteiger partial charge is 0.497 e. The van der Waals surface area contributed by atoms with Gasteiger partial charge in [0, 0.05) is 55.8 Å². The van der Waals surface area contributed by atoms with Crippen molar-refractivity contribution in [3.8, 4) is 28.4 Å². The van der Waals surface area contributed by atoms with Gasteiger partial charge in [-0.05, 0) is 36.4 Å². The van der Waals surface area contributed by atoms with Crippen molar-refractivity contribution < 1.29 is 4.74 Å². The number of nitrogens with zero attached hydrogens (tertiary/aromatic N) is 4. The summed E-state index contributed by atoms with van der Waals surface area (Å²) in [5, 5.41) is 3.38. The first kappa shape index (κ1) is 16.5. The molecule has 132 valence electrons. The topological polar surface area (TPSA) is 63.2 Å². The first-order chi connectivity index (χ1) is 12.8. The second kappa shape index (κ2) is 7.49. The van der Waals surface area contributed by atoms with Crippen molar-refractivity contribution in [3.63, 3.8) is 0 Å². The van der Waals surface area contributed by atoms with Crippen LogP contribution < -0.4 is 15.0 Å². The third-order valence-electron chi connectivity index (χ3n) is 4.48. The lowest BCUT2D eigenvalue weighted by Gasteiger charge is -2.29. The Morgan fingerprint density at radius 1 is 0.923 bits per heavy atom. The van der Waals surface area contributed by atoms with Gasteiger partial charge in [-0.1, -0.05) is 0 Å². The van der Waals surface area contributed by atoms with Crippen LogP contribution in [0.1, 0.15) is 0 Å². The van der Waals surface area contributed by atoms with Crippen molar-refractivity contribution in [1.82, 2.24) is 20.3 Å². The summed E-state index contributed by atoms with van der Waals surface area (Å²) in [4.78, 5) is 16.0. The van der Waals surface area contributed by atoms with E-state index in [-0.39, 0.29) is 0 Å². The molecule has 1 saturated heterocycles. The third-order valence-corrected chi connectivity index (χ3v) is 4.48. The van der Waals surface area contributed by atoms with E-state index < -0.39 is 0 Å². The van der Waals surface area contributed by atoms with Gasteiger partial charge >= 0.3 is 0 Å². The molecule has 0 unspecified atom stereocenters. The van der Waals surface area contributed by atoms with Crippen LogP contribution in [0.2, 0.25) is 0 Å². The lowest BCUT2D eigenvalue weighted by molar-refractivity contribution is 0.415. The van der Waals surface area contributed by atoms with Gasteiger partial charge < -0.3 is 15.0 Å². The zero-order chi connectivity index (χ0) is 17.8. The standard InChI is InChI=1S/C20H21N5O/c1-26-17-4-2-16(3-5-17)20-23-18(15-6-8-21-9-7-15)14-19(24-20)25-12-10-22-11-13-25/h2-9,14,22H,10-13H2,1H3. The number of nitrogens with one attached hydrogen (secondary N) is 1. The molecule has 0 spiro atoms. The third kappa shape index (κ3) is 3.50. The number of benzene rings is 1. The first-order valence-corrected chi connectivity index (χ1v) is 8.73. The highest BCUT2D eigenvalue weighted by atomic mass is 16.5. The maximum Gasteiger partial charge on any atom is 0.162 e. The van der Waals surface area contributed by atoms with Gasteiger partial charge in [0.1, 0.15) is 11.6 Å². The number of hydrogen-bond acceptors (Lipinski definition) is 6. The van der Waals surface area contributed by atoms with E-state index in [4.69, 9.17) is 14.7 Å². The second-order valence-electron chi connectivity index (χ2n) is 6.14. The highest BCUT2D eigenvalue weighted by Gasteiger charge is 2.16. The van der Waals surface area contributed by atoms with Gasteiger partial charge in [0.25, 0.3) is 0 Å². The van der Waals surface area contributed by atoms with Crippen LogP contribution in [0.25, 0.3) is 22.6 Å². The number of rotatable bonds is 4. The molecule has 6 nitrogen and oxygen atoms in total. The van der Waals surface area contributed by atoms with Crippen LogP contribution >= 0.6 is 0 Å². The van der Waals surface area contributed by atoms with Crippen LogP contribution in [0.15, 0.2) is 54.9 Å². The molecule has 0 aliphatic carbocycles. The molecule has 3 aromatic rings. The predicted molar refractivity (Wildman–Crippen MR) is 102 cm³/mol. The Balaban J connectivity index is 1.78. The molecule has 1 aliphatic heterocycles. The number of methoxy groups -OCH3 is 1. The highest BCUT2D eigenvalue weighted by Crippen LogP contribution is 2.27. The van der Waals surface area contributed by atoms with E-state index >= 15 is 0 Å². The van der Waals surface area contributed by atoms with E-state index in [9.17, 15) is 0 Å². The average molecular weight is 347 g/mol. The fraction of sp³-hybridized carbons (Fsp3) is 0.250. The van der Waals surface area contributed by atoms with Crippen molar-refractivity contribution in [2.24, 2.45) is 0 Å². The van der Waals surface area contributed by atoms with Crippen molar-refractivity contribution in [1.29, 1.82) is 0 Å². The lowest BCUT2D eigenvalue weighted by atomic mass is 10.1. The summed E-state index contributed by atoms with van der Waals surface area (Å²) >= 11 is 0. The van der Waals surface area contributed by atoms with Gasteiger partial charge in [0.2, 0.25) is 0 Å². The summed E-state index contributed by atoms with van der Waals surface area (Å²) in [6.45, 7) is 3.81.